The summed E-state index contributed by atoms with van der Waals surface area (Å²) < 4.78 is 5.42. The smallest absolute Gasteiger partial charge is 0.141 e. The minimum atomic E-state index is -0.682. The summed E-state index contributed by atoms with van der Waals surface area (Å²) in [5.74, 6) is 0.749. The monoisotopic (exact) mass is 319 g/mol. The molecule has 0 aliphatic rings. The molecular weight excluding hydrogens is 298 g/mol. The zero-order valence-corrected chi connectivity index (χ0v) is 13.6. The number of methoxy groups -OCH3 is 1. The number of nitrogens with one attached hydrogen (secondary N) is 1. The third-order valence-corrected chi connectivity index (χ3v) is 4.03. The maximum absolute atomic E-state index is 11.0. The van der Waals surface area contributed by atoms with Crippen LogP contribution in [0, 0.1) is 0 Å². The Balaban J connectivity index is 1.97. The molecule has 0 heterocycles. The Labute approximate surface area is 142 Å². The van der Waals surface area contributed by atoms with Crippen molar-refractivity contribution in [2.75, 3.05) is 12.4 Å². The minimum absolute atomic E-state index is 0.287. The van der Waals surface area contributed by atoms with Gasteiger partial charge in [-0.25, -0.2) is 0 Å². The lowest BCUT2D eigenvalue weighted by molar-refractivity contribution is 0.155. The molecule has 3 heteroatoms. The van der Waals surface area contributed by atoms with E-state index in [0.29, 0.717) is 0 Å². The standard InChI is InChI=1S/C21H21NO2/c1-24-19-15-9-8-14-18(19)22-20(16-10-4-2-5-11-16)21(23)17-12-6-3-7-13-17/h2-15,20-23H,1H3/t20-,21+/m0/s1. The van der Waals surface area contributed by atoms with Gasteiger partial charge in [0.25, 0.3) is 0 Å². The summed E-state index contributed by atoms with van der Waals surface area (Å²) >= 11 is 0. The van der Waals surface area contributed by atoms with E-state index in [1.165, 1.54) is 0 Å². The fourth-order valence-electron chi connectivity index (χ4n) is 2.78. The van der Waals surface area contributed by atoms with Gasteiger partial charge in [-0.05, 0) is 23.3 Å². The normalized spacial score (nSPS) is 13.1. The maximum atomic E-state index is 11.0. The SMILES string of the molecule is COc1ccccc1N[C@@H](c1ccccc1)[C@H](O)c1ccccc1. The molecule has 2 atom stereocenters. The van der Waals surface area contributed by atoms with Crippen molar-refractivity contribution < 1.29 is 9.84 Å². The third kappa shape index (κ3) is 3.58. The van der Waals surface area contributed by atoms with Crippen LogP contribution in [0.2, 0.25) is 0 Å². The van der Waals surface area contributed by atoms with Crippen molar-refractivity contribution in [3.8, 4) is 5.75 Å². The number of rotatable bonds is 6. The summed E-state index contributed by atoms with van der Waals surface area (Å²) in [6, 6.07) is 27.1. The molecule has 0 spiro atoms. The number of anilines is 1. The molecule has 3 rings (SSSR count). The maximum Gasteiger partial charge on any atom is 0.141 e. The van der Waals surface area contributed by atoms with Gasteiger partial charge >= 0.3 is 0 Å². The summed E-state index contributed by atoms with van der Waals surface area (Å²) in [6.45, 7) is 0. The van der Waals surface area contributed by atoms with Gasteiger partial charge < -0.3 is 15.2 Å². The molecule has 24 heavy (non-hydrogen) atoms. The largest absolute Gasteiger partial charge is 0.495 e. The van der Waals surface area contributed by atoms with Crippen molar-refractivity contribution >= 4 is 5.69 Å². The predicted molar refractivity (Wildman–Crippen MR) is 97.2 cm³/mol. The number of hydrogen-bond acceptors (Lipinski definition) is 3. The van der Waals surface area contributed by atoms with Crippen LogP contribution in [-0.2, 0) is 0 Å². The number of hydrogen-bond donors (Lipinski definition) is 2. The average molecular weight is 319 g/mol. The van der Waals surface area contributed by atoms with Gasteiger partial charge in [-0.3, -0.25) is 0 Å². The van der Waals surface area contributed by atoms with Crippen molar-refractivity contribution in [2.24, 2.45) is 0 Å². The van der Waals surface area contributed by atoms with E-state index in [1.54, 1.807) is 7.11 Å². The van der Waals surface area contributed by atoms with E-state index in [0.717, 1.165) is 22.6 Å². The van der Waals surface area contributed by atoms with E-state index in [4.69, 9.17) is 4.74 Å². The van der Waals surface area contributed by atoms with Crippen LogP contribution in [-0.4, -0.2) is 12.2 Å². The molecule has 0 unspecified atom stereocenters. The highest BCUT2D eigenvalue weighted by atomic mass is 16.5. The summed E-state index contributed by atoms with van der Waals surface area (Å²) in [5.41, 5.74) is 2.73. The van der Waals surface area contributed by atoms with Gasteiger partial charge in [-0.1, -0.05) is 72.8 Å². The molecule has 3 aromatic carbocycles. The average Bonchev–Trinajstić information content (AvgIpc) is 2.67. The van der Waals surface area contributed by atoms with Gasteiger partial charge in [0.15, 0.2) is 0 Å². The second-order valence-corrected chi connectivity index (χ2v) is 5.59. The van der Waals surface area contributed by atoms with Crippen LogP contribution in [0.25, 0.3) is 0 Å². The highest BCUT2D eigenvalue weighted by molar-refractivity contribution is 5.57. The van der Waals surface area contributed by atoms with Gasteiger partial charge in [0.2, 0.25) is 0 Å². The van der Waals surface area contributed by atoms with Crippen molar-refractivity contribution in [3.05, 3.63) is 96.1 Å². The molecule has 0 aliphatic heterocycles. The quantitative estimate of drug-likeness (QED) is 0.698. The molecule has 0 saturated heterocycles. The van der Waals surface area contributed by atoms with Crippen molar-refractivity contribution in [2.45, 2.75) is 12.1 Å². The molecule has 0 amide bonds. The molecule has 0 radical (unpaired) electrons. The van der Waals surface area contributed by atoms with Crippen LogP contribution in [0.1, 0.15) is 23.3 Å². The van der Waals surface area contributed by atoms with E-state index in [1.807, 2.05) is 84.9 Å². The molecule has 3 aromatic rings. The highest BCUT2D eigenvalue weighted by Gasteiger charge is 2.23. The first-order chi connectivity index (χ1) is 11.8. The van der Waals surface area contributed by atoms with Crippen LogP contribution < -0.4 is 10.1 Å². The summed E-state index contributed by atoms with van der Waals surface area (Å²) in [7, 11) is 1.64. The first-order valence-electron chi connectivity index (χ1n) is 7.97. The fraction of sp³-hybridized carbons (Fsp3) is 0.143. The summed E-state index contributed by atoms with van der Waals surface area (Å²) in [6.07, 6.45) is -0.682. The Kier molecular flexibility index (Phi) is 5.14. The van der Waals surface area contributed by atoms with Crippen LogP contribution in [0.5, 0.6) is 5.75 Å². The first kappa shape index (κ1) is 16.1. The highest BCUT2D eigenvalue weighted by Crippen LogP contribution is 2.35. The number of ether oxygens (including phenoxy) is 1. The minimum Gasteiger partial charge on any atom is -0.495 e. The lowest BCUT2D eigenvalue weighted by atomic mass is 9.95. The zero-order chi connectivity index (χ0) is 16.8. The molecule has 0 saturated carbocycles. The second-order valence-electron chi connectivity index (χ2n) is 5.59. The van der Waals surface area contributed by atoms with Crippen LogP contribution in [0.3, 0.4) is 0 Å². The number of aliphatic hydroxyl groups excluding tert-OH is 1. The number of para-hydroxylation sites is 2. The molecule has 3 nitrogen and oxygen atoms in total. The molecule has 0 fully saturated rings. The lowest BCUT2D eigenvalue weighted by Crippen LogP contribution is -2.19. The van der Waals surface area contributed by atoms with Crippen molar-refractivity contribution in [3.63, 3.8) is 0 Å². The molecule has 2 N–H and O–H groups in total. The second kappa shape index (κ2) is 7.66. The van der Waals surface area contributed by atoms with E-state index in [9.17, 15) is 5.11 Å². The summed E-state index contributed by atoms with van der Waals surface area (Å²) in [5, 5.41) is 14.4. The lowest BCUT2D eigenvalue weighted by Gasteiger charge is -2.27. The van der Waals surface area contributed by atoms with Crippen LogP contribution in [0.15, 0.2) is 84.9 Å². The molecular formula is C21H21NO2. The summed E-state index contributed by atoms with van der Waals surface area (Å²) in [4.78, 5) is 0. The third-order valence-electron chi connectivity index (χ3n) is 4.03. The van der Waals surface area contributed by atoms with Gasteiger partial charge in [0.1, 0.15) is 11.9 Å². The van der Waals surface area contributed by atoms with Gasteiger partial charge in [0.05, 0.1) is 18.8 Å². The van der Waals surface area contributed by atoms with E-state index in [2.05, 4.69) is 5.32 Å². The molecule has 0 aliphatic carbocycles. The molecule has 0 aromatic heterocycles. The fourth-order valence-corrected chi connectivity index (χ4v) is 2.78. The van der Waals surface area contributed by atoms with E-state index >= 15 is 0 Å². The van der Waals surface area contributed by atoms with Crippen LogP contribution >= 0.6 is 0 Å². The Morgan fingerprint density at radius 2 is 1.29 bits per heavy atom. The van der Waals surface area contributed by atoms with Gasteiger partial charge in [-0.15, -0.1) is 0 Å². The Hall–Kier alpha value is -2.78. The molecule has 122 valence electrons. The van der Waals surface area contributed by atoms with Gasteiger partial charge in [-0.2, -0.15) is 0 Å². The Bertz CT molecular complexity index is 759. The Morgan fingerprint density at radius 3 is 1.92 bits per heavy atom. The Morgan fingerprint density at radius 1 is 0.750 bits per heavy atom. The number of aliphatic hydroxyl groups is 1. The predicted octanol–water partition coefficient (Wildman–Crippen LogP) is 4.58. The van der Waals surface area contributed by atoms with E-state index < -0.39 is 6.10 Å². The zero-order valence-electron chi connectivity index (χ0n) is 13.6. The molecule has 0 bridgehead atoms. The topological polar surface area (TPSA) is 41.5 Å². The van der Waals surface area contributed by atoms with Gasteiger partial charge in [0, 0.05) is 0 Å². The van der Waals surface area contributed by atoms with E-state index in [-0.39, 0.29) is 6.04 Å². The van der Waals surface area contributed by atoms with Crippen molar-refractivity contribution in [1.82, 2.24) is 0 Å². The number of benzene rings is 3. The first-order valence-corrected chi connectivity index (χ1v) is 7.97. The van der Waals surface area contributed by atoms with Crippen molar-refractivity contribution in [1.29, 1.82) is 0 Å². The van der Waals surface area contributed by atoms with Crippen LogP contribution in [0.4, 0.5) is 5.69 Å².